The number of piperidine rings is 1. The third-order valence-corrected chi connectivity index (χ3v) is 6.95. The average molecular weight is 375 g/mol. The lowest BCUT2D eigenvalue weighted by Gasteiger charge is -2.47. The summed E-state index contributed by atoms with van der Waals surface area (Å²) in [5.41, 5.74) is 1.12. The van der Waals surface area contributed by atoms with Gasteiger partial charge in [0, 0.05) is 38.3 Å². The van der Waals surface area contributed by atoms with Gasteiger partial charge in [-0.2, -0.15) is 0 Å². The van der Waals surface area contributed by atoms with E-state index in [0.29, 0.717) is 12.1 Å². The molecular formula is C20H30N4OS. The first kappa shape index (κ1) is 18.3. The summed E-state index contributed by atoms with van der Waals surface area (Å²) in [7, 11) is 2.22. The number of fused-ring (bicyclic) bond motifs is 1. The Labute approximate surface area is 160 Å². The monoisotopic (exact) mass is 374 g/mol. The molecule has 2 saturated heterocycles. The van der Waals surface area contributed by atoms with Crippen molar-refractivity contribution in [3.05, 3.63) is 29.3 Å². The van der Waals surface area contributed by atoms with Gasteiger partial charge in [0.05, 0.1) is 16.8 Å². The van der Waals surface area contributed by atoms with Gasteiger partial charge >= 0.3 is 0 Å². The summed E-state index contributed by atoms with van der Waals surface area (Å²) in [6.45, 7) is 6.87. The third kappa shape index (κ3) is 4.10. The van der Waals surface area contributed by atoms with Gasteiger partial charge in [0.25, 0.3) is 0 Å². The van der Waals surface area contributed by atoms with Crippen molar-refractivity contribution in [2.75, 3.05) is 46.4 Å². The van der Waals surface area contributed by atoms with Crippen molar-refractivity contribution in [3.8, 4) is 0 Å². The number of rotatable bonds is 5. The van der Waals surface area contributed by atoms with Crippen molar-refractivity contribution >= 4 is 21.6 Å². The van der Waals surface area contributed by atoms with Crippen LogP contribution in [0, 0.1) is 0 Å². The first-order valence-electron chi connectivity index (χ1n) is 9.85. The topological polar surface area (TPSA) is 42.8 Å². The normalized spacial score (nSPS) is 24.5. The van der Waals surface area contributed by atoms with Crippen molar-refractivity contribution in [2.24, 2.45) is 0 Å². The highest BCUT2D eigenvalue weighted by molar-refractivity contribution is 7.18. The van der Waals surface area contributed by atoms with Crippen LogP contribution in [0.4, 0.5) is 0 Å². The van der Waals surface area contributed by atoms with Crippen molar-refractivity contribution in [2.45, 2.75) is 37.9 Å². The second-order valence-corrected chi connectivity index (χ2v) is 8.86. The zero-order chi connectivity index (χ0) is 17.9. The predicted octanol–water partition coefficient (Wildman–Crippen LogP) is 2.26. The average Bonchev–Trinajstić information content (AvgIpc) is 3.05. The van der Waals surface area contributed by atoms with Crippen LogP contribution in [0.15, 0.2) is 24.3 Å². The summed E-state index contributed by atoms with van der Waals surface area (Å²) in [5.74, 6) is 0. The zero-order valence-electron chi connectivity index (χ0n) is 15.7. The van der Waals surface area contributed by atoms with Crippen LogP contribution < -0.4 is 0 Å². The molecule has 5 nitrogen and oxygen atoms in total. The number of nitrogens with zero attached hydrogens (tertiary/aromatic N) is 4. The van der Waals surface area contributed by atoms with Gasteiger partial charge in [0.15, 0.2) is 0 Å². The molecule has 2 fully saturated rings. The Morgan fingerprint density at radius 3 is 2.73 bits per heavy atom. The van der Waals surface area contributed by atoms with Crippen molar-refractivity contribution in [3.63, 3.8) is 0 Å². The van der Waals surface area contributed by atoms with Crippen LogP contribution in [-0.4, -0.2) is 83.3 Å². The van der Waals surface area contributed by atoms with Gasteiger partial charge in [0.2, 0.25) is 0 Å². The molecule has 0 unspecified atom stereocenters. The second kappa shape index (κ2) is 8.31. The Bertz CT molecular complexity index is 680. The summed E-state index contributed by atoms with van der Waals surface area (Å²) in [6.07, 6.45) is 3.40. The highest BCUT2D eigenvalue weighted by Gasteiger charge is 2.33. The Hall–Kier alpha value is -1.05. The number of aromatic nitrogens is 1. The number of aliphatic hydroxyl groups excluding tert-OH is 1. The highest BCUT2D eigenvalue weighted by atomic mass is 32.1. The van der Waals surface area contributed by atoms with E-state index in [9.17, 15) is 5.11 Å². The van der Waals surface area contributed by atoms with E-state index in [2.05, 4.69) is 46.0 Å². The number of likely N-dealkylation sites (tertiary alicyclic amines) is 1. The smallest absolute Gasteiger partial charge is 0.108 e. The molecule has 0 aliphatic carbocycles. The van der Waals surface area contributed by atoms with E-state index in [1.54, 1.807) is 0 Å². The van der Waals surface area contributed by atoms with E-state index in [0.717, 1.165) is 38.1 Å². The molecule has 1 aromatic carbocycles. The number of piperazine rings is 1. The van der Waals surface area contributed by atoms with E-state index < -0.39 is 0 Å². The maximum atomic E-state index is 9.58. The van der Waals surface area contributed by atoms with Crippen LogP contribution >= 0.6 is 11.3 Å². The fraction of sp³-hybridized carbons (Fsp3) is 0.650. The lowest BCUT2D eigenvalue weighted by atomic mass is 9.98. The minimum atomic E-state index is 0.281. The fourth-order valence-corrected chi connectivity index (χ4v) is 5.48. The van der Waals surface area contributed by atoms with Crippen molar-refractivity contribution < 1.29 is 5.11 Å². The minimum absolute atomic E-state index is 0.281. The van der Waals surface area contributed by atoms with E-state index in [4.69, 9.17) is 4.98 Å². The molecule has 2 aromatic rings. The maximum absolute atomic E-state index is 9.58. The zero-order valence-corrected chi connectivity index (χ0v) is 16.5. The molecular weight excluding hydrogens is 344 g/mol. The van der Waals surface area contributed by atoms with Gasteiger partial charge in [-0.1, -0.05) is 12.1 Å². The lowest BCUT2D eigenvalue weighted by molar-refractivity contribution is 0.00600. The number of thiazole rings is 1. The summed E-state index contributed by atoms with van der Waals surface area (Å²) in [6, 6.07) is 9.56. The molecule has 0 saturated carbocycles. The molecule has 0 spiro atoms. The van der Waals surface area contributed by atoms with Crippen LogP contribution in [0.2, 0.25) is 0 Å². The number of hydrogen-bond acceptors (Lipinski definition) is 6. The predicted molar refractivity (Wildman–Crippen MR) is 108 cm³/mol. The summed E-state index contributed by atoms with van der Waals surface area (Å²) in [4.78, 5) is 12.5. The molecule has 0 amide bonds. The number of benzene rings is 1. The summed E-state index contributed by atoms with van der Waals surface area (Å²) >= 11 is 1.81. The van der Waals surface area contributed by atoms with Gasteiger partial charge < -0.3 is 10.0 Å². The van der Waals surface area contributed by atoms with E-state index in [-0.39, 0.29) is 6.61 Å². The van der Waals surface area contributed by atoms with Crippen molar-refractivity contribution in [1.82, 2.24) is 19.7 Å². The molecule has 1 atom stereocenters. The molecule has 2 aliphatic rings. The summed E-state index contributed by atoms with van der Waals surface area (Å²) < 4.78 is 1.28. The van der Waals surface area contributed by atoms with Gasteiger partial charge in [0.1, 0.15) is 5.01 Å². The van der Waals surface area contributed by atoms with Crippen LogP contribution in [0.5, 0.6) is 0 Å². The van der Waals surface area contributed by atoms with Crippen LogP contribution in [0.1, 0.15) is 24.3 Å². The molecule has 3 heterocycles. The van der Waals surface area contributed by atoms with Crippen LogP contribution in [0.25, 0.3) is 10.2 Å². The summed E-state index contributed by atoms with van der Waals surface area (Å²) in [5, 5.41) is 10.8. The number of aliphatic hydroxyl groups is 1. The molecule has 1 N–H and O–H groups in total. The number of para-hydroxylation sites is 1. The van der Waals surface area contributed by atoms with E-state index in [1.807, 2.05) is 11.3 Å². The molecule has 0 bridgehead atoms. The molecule has 0 radical (unpaired) electrons. The van der Waals surface area contributed by atoms with Crippen molar-refractivity contribution in [1.29, 1.82) is 0 Å². The number of hydrogen-bond donors (Lipinski definition) is 1. The Morgan fingerprint density at radius 2 is 1.96 bits per heavy atom. The first-order chi connectivity index (χ1) is 12.7. The van der Waals surface area contributed by atoms with Crippen LogP contribution in [0.3, 0.4) is 0 Å². The van der Waals surface area contributed by atoms with Gasteiger partial charge in [-0.25, -0.2) is 4.98 Å². The third-order valence-electron chi connectivity index (χ3n) is 5.93. The molecule has 1 aromatic heterocycles. The van der Waals surface area contributed by atoms with E-state index in [1.165, 1.54) is 35.6 Å². The van der Waals surface area contributed by atoms with Gasteiger partial charge in [-0.15, -0.1) is 11.3 Å². The molecule has 142 valence electrons. The SMILES string of the molecule is CN1CCC(N2CCN(Cc3nc4ccccc4s3)C[C@H]2CCO)CC1. The Morgan fingerprint density at radius 1 is 1.15 bits per heavy atom. The largest absolute Gasteiger partial charge is 0.396 e. The highest BCUT2D eigenvalue weighted by Crippen LogP contribution is 2.26. The lowest BCUT2D eigenvalue weighted by Crippen LogP contribution is -2.58. The first-order valence-corrected chi connectivity index (χ1v) is 10.7. The second-order valence-electron chi connectivity index (χ2n) is 7.75. The molecule has 4 rings (SSSR count). The van der Waals surface area contributed by atoms with Gasteiger partial charge in [-0.3, -0.25) is 9.80 Å². The minimum Gasteiger partial charge on any atom is -0.396 e. The quantitative estimate of drug-likeness (QED) is 0.870. The Kier molecular flexibility index (Phi) is 5.86. The molecule has 6 heteroatoms. The maximum Gasteiger partial charge on any atom is 0.108 e. The van der Waals surface area contributed by atoms with Crippen LogP contribution in [-0.2, 0) is 6.54 Å². The molecule has 2 aliphatic heterocycles. The molecule has 26 heavy (non-hydrogen) atoms. The van der Waals surface area contributed by atoms with Gasteiger partial charge in [-0.05, 0) is 51.5 Å². The standard InChI is InChI=1S/C20H30N4OS/c1-22-9-6-16(7-10-22)24-12-11-23(14-17(24)8-13-25)15-20-21-18-4-2-3-5-19(18)26-20/h2-5,16-17,25H,6-15H2,1H3/t17-/m1/s1. The fourth-order valence-electron chi connectivity index (χ4n) is 4.47. The van der Waals surface area contributed by atoms with E-state index >= 15 is 0 Å². The Balaban J connectivity index is 1.40.